The molecule has 0 N–H and O–H groups in total. The van der Waals surface area contributed by atoms with E-state index in [0.29, 0.717) is 11.3 Å². The molecule has 0 saturated carbocycles. The topological polar surface area (TPSA) is 17.1 Å². The van der Waals surface area contributed by atoms with Crippen LogP contribution in [0.4, 0.5) is 8.78 Å². The number of hydrogen-bond acceptors (Lipinski definition) is 2. The molecule has 4 heteroatoms. The Bertz CT molecular complexity index is 440. The quantitative estimate of drug-likeness (QED) is 0.678. The van der Waals surface area contributed by atoms with E-state index in [4.69, 9.17) is 0 Å². The molecular formula is C11H10F2OS. The molecule has 0 saturated heterocycles. The van der Waals surface area contributed by atoms with E-state index in [1.807, 2.05) is 0 Å². The van der Waals surface area contributed by atoms with Crippen LogP contribution in [0.2, 0.25) is 0 Å². The number of thioether (sulfide) groups is 1. The van der Waals surface area contributed by atoms with Crippen LogP contribution in [0.15, 0.2) is 12.1 Å². The van der Waals surface area contributed by atoms with Crippen molar-refractivity contribution in [3.05, 3.63) is 34.9 Å². The Balaban J connectivity index is 2.62. The predicted octanol–water partition coefficient (Wildman–Crippen LogP) is 3.17. The van der Waals surface area contributed by atoms with E-state index in [-0.39, 0.29) is 11.3 Å². The standard InChI is InChI=1S/C11H10F2OS/c1-11(2)10(14)7-3-6(12)4-9(13)8(7)5-15-11/h3-4H,5H2,1-2H3. The minimum atomic E-state index is -0.692. The molecule has 1 aromatic carbocycles. The first-order valence-electron chi connectivity index (χ1n) is 4.58. The SMILES string of the molecule is CC1(C)SCc2c(F)cc(F)cc2C1=O. The molecule has 0 amide bonds. The average molecular weight is 228 g/mol. The zero-order valence-corrected chi connectivity index (χ0v) is 9.25. The van der Waals surface area contributed by atoms with Crippen molar-refractivity contribution >= 4 is 17.5 Å². The summed E-state index contributed by atoms with van der Waals surface area (Å²) in [7, 11) is 0. The van der Waals surface area contributed by atoms with Crippen LogP contribution in [0.5, 0.6) is 0 Å². The van der Waals surface area contributed by atoms with Crippen LogP contribution in [-0.4, -0.2) is 10.5 Å². The van der Waals surface area contributed by atoms with Crippen LogP contribution < -0.4 is 0 Å². The summed E-state index contributed by atoms with van der Waals surface area (Å²) in [6.45, 7) is 3.54. The van der Waals surface area contributed by atoms with Crippen LogP contribution in [-0.2, 0) is 5.75 Å². The second-order valence-corrected chi connectivity index (χ2v) is 5.64. The van der Waals surface area contributed by atoms with Gasteiger partial charge in [0.05, 0.1) is 4.75 Å². The molecule has 15 heavy (non-hydrogen) atoms. The molecule has 0 spiro atoms. The van der Waals surface area contributed by atoms with E-state index in [0.717, 1.165) is 12.1 Å². The lowest BCUT2D eigenvalue weighted by Crippen LogP contribution is -2.33. The summed E-state index contributed by atoms with van der Waals surface area (Å²) in [5.74, 6) is -1.10. The van der Waals surface area contributed by atoms with E-state index in [1.54, 1.807) is 13.8 Å². The second-order valence-electron chi connectivity index (χ2n) is 4.04. The van der Waals surface area contributed by atoms with Gasteiger partial charge in [0.1, 0.15) is 11.6 Å². The van der Waals surface area contributed by atoms with Crippen molar-refractivity contribution < 1.29 is 13.6 Å². The van der Waals surface area contributed by atoms with Crippen LogP contribution in [0.3, 0.4) is 0 Å². The van der Waals surface area contributed by atoms with Gasteiger partial charge in [-0.2, -0.15) is 0 Å². The van der Waals surface area contributed by atoms with E-state index in [1.165, 1.54) is 11.8 Å². The zero-order valence-electron chi connectivity index (χ0n) is 8.43. The number of carbonyl (C=O) groups is 1. The molecule has 0 aromatic heterocycles. The molecule has 80 valence electrons. The fraction of sp³-hybridized carbons (Fsp3) is 0.364. The van der Waals surface area contributed by atoms with Crippen molar-refractivity contribution in [3.8, 4) is 0 Å². The highest BCUT2D eigenvalue weighted by Gasteiger charge is 2.36. The molecule has 1 nitrogen and oxygen atoms in total. The van der Waals surface area contributed by atoms with Gasteiger partial charge in [-0.25, -0.2) is 8.78 Å². The maximum Gasteiger partial charge on any atom is 0.178 e. The van der Waals surface area contributed by atoms with Crippen LogP contribution in [0, 0.1) is 11.6 Å². The van der Waals surface area contributed by atoms with Crippen LogP contribution in [0.25, 0.3) is 0 Å². The second kappa shape index (κ2) is 3.30. The Morgan fingerprint density at radius 3 is 2.67 bits per heavy atom. The maximum atomic E-state index is 13.4. The summed E-state index contributed by atoms with van der Waals surface area (Å²) in [4.78, 5) is 11.9. The summed E-state index contributed by atoms with van der Waals surface area (Å²) >= 11 is 1.38. The number of benzene rings is 1. The van der Waals surface area contributed by atoms with Crippen molar-refractivity contribution in [1.82, 2.24) is 0 Å². The lowest BCUT2D eigenvalue weighted by Gasteiger charge is -2.29. The van der Waals surface area contributed by atoms with Crippen molar-refractivity contribution in [2.24, 2.45) is 0 Å². The van der Waals surface area contributed by atoms with Crippen molar-refractivity contribution in [2.75, 3.05) is 0 Å². The molecule has 0 unspecified atom stereocenters. The summed E-state index contributed by atoms with van der Waals surface area (Å²) in [5.41, 5.74) is 0.516. The van der Waals surface area contributed by atoms with Gasteiger partial charge in [-0.1, -0.05) is 0 Å². The number of fused-ring (bicyclic) bond motifs is 1. The van der Waals surface area contributed by atoms with Gasteiger partial charge in [0, 0.05) is 22.9 Å². The minimum absolute atomic E-state index is 0.191. The van der Waals surface area contributed by atoms with Gasteiger partial charge in [0.15, 0.2) is 5.78 Å². The van der Waals surface area contributed by atoms with Crippen LogP contribution in [0.1, 0.15) is 29.8 Å². The first kappa shape index (κ1) is 10.6. The molecule has 1 heterocycles. The van der Waals surface area contributed by atoms with Crippen molar-refractivity contribution in [1.29, 1.82) is 0 Å². The molecule has 2 rings (SSSR count). The van der Waals surface area contributed by atoms with Gasteiger partial charge in [-0.15, -0.1) is 11.8 Å². The number of ketones is 1. The zero-order chi connectivity index (χ0) is 11.2. The van der Waals surface area contributed by atoms with Crippen LogP contribution >= 0.6 is 11.8 Å². The molecule has 0 radical (unpaired) electrons. The number of Topliss-reactive ketones (excluding diaryl/α,β-unsaturated/α-hetero) is 1. The molecule has 0 atom stereocenters. The highest BCUT2D eigenvalue weighted by Crippen LogP contribution is 2.39. The van der Waals surface area contributed by atoms with Gasteiger partial charge < -0.3 is 0 Å². The fourth-order valence-electron chi connectivity index (χ4n) is 1.60. The monoisotopic (exact) mass is 228 g/mol. The third kappa shape index (κ3) is 1.67. The van der Waals surface area contributed by atoms with Gasteiger partial charge in [0.2, 0.25) is 0 Å². The highest BCUT2D eigenvalue weighted by molar-refractivity contribution is 8.00. The Hall–Kier alpha value is -0.900. The predicted molar refractivity (Wildman–Crippen MR) is 56.1 cm³/mol. The van der Waals surface area contributed by atoms with Gasteiger partial charge in [0.25, 0.3) is 0 Å². The third-order valence-electron chi connectivity index (χ3n) is 2.53. The first-order valence-corrected chi connectivity index (χ1v) is 5.57. The lowest BCUT2D eigenvalue weighted by atomic mass is 9.95. The lowest BCUT2D eigenvalue weighted by molar-refractivity contribution is 0.0954. The van der Waals surface area contributed by atoms with E-state index >= 15 is 0 Å². The Morgan fingerprint density at radius 2 is 2.00 bits per heavy atom. The van der Waals surface area contributed by atoms with Crippen molar-refractivity contribution in [2.45, 2.75) is 24.3 Å². The molecule has 1 aromatic rings. The van der Waals surface area contributed by atoms with E-state index < -0.39 is 16.4 Å². The number of hydrogen-bond donors (Lipinski definition) is 0. The molecule has 1 aliphatic heterocycles. The Morgan fingerprint density at radius 1 is 1.33 bits per heavy atom. The molecular weight excluding hydrogens is 218 g/mol. The summed E-state index contributed by atoms with van der Waals surface area (Å²) in [6.07, 6.45) is 0. The van der Waals surface area contributed by atoms with E-state index in [2.05, 4.69) is 0 Å². The Labute approximate surface area is 90.9 Å². The van der Waals surface area contributed by atoms with Gasteiger partial charge >= 0.3 is 0 Å². The minimum Gasteiger partial charge on any atom is -0.293 e. The van der Waals surface area contributed by atoms with Gasteiger partial charge in [-0.05, 0) is 19.9 Å². The molecule has 0 aliphatic carbocycles. The number of halogens is 2. The highest BCUT2D eigenvalue weighted by atomic mass is 32.2. The Kier molecular flexibility index (Phi) is 2.34. The largest absolute Gasteiger partial charge is 0.293 e. The summed E-state index contributed by atoms with van der Waals surface area (Å²) < 4.78 is 25.7. The fourth-order valence-corrected chi connectivity index (χ4v) is 2.63. The average Bonchev–Trinajstić information content (AvgIpc) is 2.12. The third-order valence-corrected chi connectivity index (χ3v) is 3.87. The molecule has 0 bridgehead atoms. The summed E-state index contributed by atoms with van der Waals surface area (Å²) in [5, 5.41) is 0. The number of carbonyl (C=O) groups excluding carboxylic acids is 1. The first-order chi connectivity index (χ1) is 6.92. The van der Waals surface area contributed by atoms with E-state index in [9.17, 15) is 13.6 Å². The summed E-state index contributed by atoms with van der Waals surface area (Å²) in [6, 6.07) is 1.95. The normalized spacial score (nSPS) is 18.8. The van der Waals surface area contributed by atoms with Crippen molar-refractivity contribution in [3.63, 3.8) is 0 Å². The van der Waals surface area contributed by atoms with Gasteiger partial charge in [-0.3, -0.25) is 4.79 Å². The molecule has 0 fully saturated rings. The smallest absolute Gasteiger partial charge is 0.178 e. The number of rotatable bonds is 0. The maximum absolute atomic E-state index is 13.4. The molecule has 1 aliphatic rings.